The molecule has 2 nitrogen and oxygen atoms in total. The van der Waals surface area contributed by atoms with Crippen LogP contribution < -0.4 is 10.6 Å². The zero-order valence-electron chi connectivity index (χ0n) is 4.19. The predicted octanol–water partition coefficient (Wildman–Crippen LogP) is 0.200. The molecule has 2 N–H and O–H groups in total. The largest absolute Gasteiger partial charge is 0.343 e. The first-order valence-corrected chi connectivity index (χ1v) is 2.81. The van der Waals surface area contributed by atoms with Crippen LogP contribution in [-0.2, 0) is 0 Å². The molecule has 0 amide bonds. The van der Waals surface area contributed by atoms with Crippen molar-refractivity contribution in [3.05, 3.63) is 0 Å². The second-order valence-corrected chi connectivity index (χ2v) is 1.99. The van der Waals surface area contributed by atoms with Crippen LogP contribution in [0.1, 0.15) is 13.3 Å². The Hall–Kier alpha value is -0.310. The predicted molar refractivity (Wildman–Crippen MR) is 32.9 cm³/mol. The van der Waals surface area contributed by atoms with E-state index in [9.17, 15) is 0 Å². The standard InChI is InChI=1S/C4H8N2S/c1-2-3-5-4(7)6-3/h3H,2H2,1H3,(H2,5,6,7). The molecule has 0 atom stereocenters. The first kappa shape index (κ1) is 4.84. The minimum Gasteiger partial charge on any atom is -0.343 e. The molecular formula is C4H8N2S. The van der Waals surface area contributed by atoms with Gasteiger partial charge in [-0.25, -0.2) is 0 Å². The van der Waals surface area contributed by atoms with E-state index < -0.39 is 0 Å². The SMILES string of the molecule is CCC1NC(=S)N1. The maximum atomic E-state index is 4.70. The van der Waals surface area contributed by atoms with Crippen molar-refractivity contribution in [2.24, 2.45) is 0 Å². The maximum absolute atomic E-state index is 4.70. The van der Waals surface area contributed by atoms with Gasteiger partial charge in [-0.1, -0.05) is 6.92 Å². The van der Waals surface area contributed by atoms with E-state index in [2.05, 4.69) is 17.6 Å². The zero-order chi connectivity index (χ0) is 5.28. The van der Waals surface area contributed by atoms with Crippen LogP contribution in [0.25, 0.3) is 0 Å². The van der Waals surface area contributed by atoms with Crippen molar-refractivity contribution < 1.29 is 0 Å². The van der Waals surface area contributed by atoms with Gasteiger partial charge in [0.05, 0.1) is 6.17 Å². The summed E-state index contributed by atoms with van der Waals surface area (Å²) < 4.78 is 0. The fourth-order valence-electron chi connectivity index (χ4n) is 0.521. The van der Waals surface area contributed by atoms with Crippen molar-refractivity contribution in [1.29, 1.82) is 0 Å². The molecule has 1 heterocycles. The summed E-state index contributed by atoms with van der Waals surface area (Å²) in [4.78, 5) is 0. The van der Waals surface area contributed by atoms with Gasteiger partial charge in [0.2, 0.25) is 0 Å². The highest BCUT2D eigenvalue weighted by atomic mass is 32.1. The van der Waals surface area contributed by atoms with Gasteiger partial charge in [-0.3, -0.25) is 0 Å². The summed E-state index contributed by atoms with van der Waals surface area (Å²) in [5.41, 5.74) is 0. The molecule has 0 unspecified atom stereocenters. The maximum Gasteiger partial charge on any atom is 0.169 e. The molecule has 0 aromatic heterocycles. The highest BCUT2D eigenvalue weighted by molar-refractivity contribution is 7.80. The molecule has 0 saturated carbocycles. The quantitative estimate of drug-likeness (QED) is 0.479. The Labute approximate surface area is 48.3 Å². The van der Waals surface area contributed by atoms with Gasteiger partial charge in [-0.2, -0.15) is 0 Å². The summed E-state index contributed by atoms with van der Waals surface area (Å²) in [5.74, 6) is 0. The molecule has 0 spiro atoms. The first-order chi connectivity index (χ1) is 3.33. The number of hydrogen-bond acceptors (Lipinski definition) is 1. The molecule has 0 radical (unpaired) electrons. The summed E-state index contributed by atoms with van der Waals surface area (Å²) in [6, 6.07) is 0. The Morgan fingerprint density at radius 2 is 2.29 bits per heavy atom. The van der Waals surface area contributed by atoms with Crippen molar-refractivity contribution in [1.82, 2.24) is 10.6 Å². The number of hydrogen-bond donors (Lipinski definition) is 2. The van der Waals surface area contributed by atoms with Crippen molar-refractivity contribution in [2.45, 2.75) is 19.5 Å². The van der Waals surface area contributed by atoms with Crippen LogP contribution in [0.5, 0.6) is 0 Å². The lowest BCUT2D eigenvalue weighted by molar-refractivity contribution is 0.478. The minimum atomic E-state index is 0.451. The Bertz CT molecular complexity index is 83.7. The van der Waals surface area contributed by atoms with Gasteiger partial charge in [0, 0.05) is 0 Å². The summed E-state index contributed by atoms with van der Waals surface area (Å²) in [5, 5.41) is 6.81. The molecular weight excluding hydrogens is 108 g/mol. The van der Waals surface area contributed by atoms with Gasteiger partial charge < -0.3 is 10.6 Å². The van der Waals surface area contributed by atoms with Crippen LogP contribution >= 0.6 is 12.2 Å². The van der Waals surface area contributed by atoms with Crippen molar-refractivity contribution in [3.63, 3.8) is 0 Å². The van der Waals surface area contributed by atoms with E-state index in [0.29, 0.717) is 6.17 Å². The molecule has 40 valence electrons. The Kier molecular flexibility index (Phi) is 1.15. The third-order valence-corrected chi connectivity index (χ3v) is 1.25. The van der Waals surface area contributed by atoms with Crippen LogP contribution in [0.4, 0.5) is 0 Å². The van der Waals surface area contributed by atoms with E-state index >= 15 is 0 Å². The van der Waals surface area contributed by atoms with Gasteiger partial charge in [0.15, 0.2) is 5.11 Å². The van der Waals surface area contributed by atoms with Crippen LogP contribution in [0.2, 0.25) is 0 Å². The molecule has 0 aromatic carbocycles. The van der Waals surface area contributed by atoms with Crippen molar-refractivity contribution >= 4 is 17.3 Å². The summed E-state index contributed by atoms with van der Waals surface area (Å²) in [6.45, 7) is 2.10. The van der Waals surface area contributed by atoms with Crippen molar-refractivity contribution in [2.75, 3.05) is 0 Å². The monoisotopic (exact) mass is 116 g/mol. The number of rotatable bonds is 1. The molecule has 1 aliphatic rings. The molecule has 3 heteroatoms. The van der Waals surface area contributed by atoms with Crippen LogP contribution in [0, 0.1) is 0 Å². The fraction of sp³-hybridized carbons (Fsp3) is 0.750. The Morgan fingerprint density at radius 1 is 1.71 bits per heavy atom. The lowest BCUT2D eigenvalue weighted by atomic mass is 10.3. The third-order valence-electron chi connectivity index (χ3n) is 1.02. The van der Waals surface area contributed by atoms with E-state index in [1.165, 1.54) is 0 Å². The van der Waals surface area contributed by atoms with E-state index in [1.54, 1.807) is 0 Å². The van der Waals surface area contributed by atoms with Gasteiger partial charge in [-0.05, 0) is 18.6 Å². The zero-order valence-corrected chi connectivity index (χ0v) is 5.01. The molecule has 1 rings (SSSR count). The highest BCUT2D eigenvalue weighted by Gasteiger charge is 2.16. The average molecular weight is 116 g/mol. The van der Waals surface area contributed by atoms with Crippen LogP contribution in [-0.4, -0.2) is 11.3 Å². The number of thiocarbonyl (C=S) groups is 1. The topological polar surface area (TPSA) is 24.1 Å². The molecule has 1 aliphatic heterocycles. The lowest BCUT2D eigenvalue weighted by Gasteiger charge is -2.30. The molecule has 7 heavy (non-hydrogen) atoms. The average Bonchev–Trinajstić information content (AvgIpc) is 1.58. The number of nitrogens with one attached hydrogen (secondary N) is 2. The minimum absolute atomic E-state index is 0.451. The summed E-state index contributed by atoms with van der Waals surface area (Å²) >= 11 is 4.70. The molecule has 0 bridgehead atoms. The van der Waals surface area contributed by atoms with Gasteiger partial charge in [-0.15, -0.1) is 0 Å². The molecule has 0 aromatic rings. The van der Waals surface area contributed by atoms with E-state index in [4.69, 9.17) is 12.2 Å². The highest BCUT2D eigenvalue weighted by Crippen LogP contribution is 1.93. The van der Waals surface area contributed by atoms with E-state index in [-0.39, 0.29) is 0 Å². The molecule has 0 aliphatic carbocycles. The van der Waals surface area contributed by atoms with Crippen molar-refractivity contribution in [3.8, 4) is 0 Å². The van der Waals surface area contributed by atoms with E-state index in [1.807, 2.05) is 0 Å². The van der Waals surface area contributed by atoms with E-state index in [0.717, 1.165) is 11.5 Å². The second-order valence-electron chi connectivity index (χ2n) is 1.58. The smallest absolute Gasteiger partial charge is 0.169 e. The van der Waals surface area contributed by atoms with Gasteiger partial charge in [0.1, 0.15) is 0 Å². The normalized spacial score (nSPS) is 19.9. The van der Waals surface area contributed by atoms with Crippen LogP contribution in [0.15, 0.2) is 0 Å². The van der Waals surface area contributed by atoms with Crippen LogP contribution in [0.3, 0.4) is 0 Å². The molecule has 1 saturated heterocycles. The lowest BCUT2D eigenvalue weighted by Crippen LogP contribution is -2.62. The summed E-state index contributed by atoms with van der Waals surface area (Å²) in [6.07, 6.45) is 1.55. The third kappa shape index (κ3) is 0.825. The fourth-order valence-corrected chi connectivity index (χ4v) is 0.805. The molecule has 1 fully saturated rings. The second kappa shape index (κ2) is 1.66. The first-order valence-electron chi connectivity index (χ1n) is 2.40. The Balaban J connectivity index is 2.17. The summed E-state index contributed by atoms with van der Waals surface area (Å²) in [7, 11) is 0. The Morgan fingerprint density at radius 3 is 2.43 bits per heavy atom. The van der Waals surface area contributed by atoms with Gasteiger partial charge >= 0.3 is 0 Å². The van der Waals surface area contributed by atoms with Gasteiger partial charge in [0.25, 0.3) is 0 Å².